The fourth-order valence-corrected chi connectivity index (χ4v) is 19.1. The van der Waals surface area contributed by atoms with Crippen LogP contribution in [0, 0.1) is 0 Å². The Kier molecular flexibility index (Phi) is 9.41. The van der Waals surface area contributed by atoms with Crippen LogP contribution in [0.1, 0.15) is 49.9 Å². The van der Waals surface area contributed by atoms with Gasteiger partial charge in [0, 0.05) is 44.4 Å². The molecule has 1 aromatic heterocycles. The second-order valence-corrected chi connectivity index (χ2v) is 25.8. The molecular weight excluding hydrogens is 921 g/mol. The van der Waals surface area contributed by atoms with Gasteiger partial charge in [0.05, 0.1) is 11.0 Å². The summed E-state index contributed by atoms with van der Waals surface area (Å²) < 4.78 is 2.41. The molecule has 12 aromatic rings. The maximum absolute atomic E-state index is 2.64. The molecule has 2 heterocycles. The first-order chi connectivity index (χ1) is 36.7. The normalized spacial score (nSPS) is 14.7. The van der Waals surface area contributed by atoms with Crippen LogP contribution < -0.4 is 25.6 Å². The Morgan fingerprint density at radius 3 is 1.52 bits per heavy atom. The molecule has 0 spiro atoms. The van der Waals surface area contributed by atoms with Gasteiger partial charge >= 0.3 is 0 Å². The smallest absolute Gasteiger partial charge is 0.180 e. The van der Waals surface area contributed by atoms with Crippen molar-refractivity contribution in [2.45, 2.75) is 38.5 Å². The summed E-state index contributed by atoms with van der Waals surface area (Å²) in [6.45, 7) is 9.57. The predicted octanol–water partition coefficient (Wildman–Crippen LogP) is 15.9. The molecule has 0 bridgehead atoms. The molecule has 0 N–H and O–H groups in total. The quantitative estimate of drug-likeness (QED) is 0.145. The van der Waals surface area contributed by atoms with Crippen molar-refractivity contribution >= 4 is 67.7 Å². The average molecular weight is 975 g/mol. The van der Waals surface area contributed by atoms with E-state index in [1.165, 1.54) is 109 Å². The predicted molar refractivity (Wildman–Crippen MR) is 319 cm³/mol. The number of nitrogens with zero attached hydrogens (tertiary/aromatic N) is 2. The summed E-state index contributed by atoms with van der Waals surface area (Å²) in [5.41, 5.74) is 22.6. The fraction of sp³-hybridized carbons (Fsp3) is 0.0833. The maximum Gasteiger partial charge on any atom is 0.180 e. The molecule has 11 aromatic carbocycles. The van der Waals surface area contributed by atoms with Crippen molar-refractivity contribution in [2.24, 2.45) is 0 Å². The van der Waals surface area contributed by atoms with Crippen LogP contribution in [0.5, 0.6) is 0 Å². The summed E-state index contributed by atoms with van der Waals surface area (Å²) in [7, 11) is -2.64. The molecule has 356 valence electrons. The number of hydrogen-bond donors (Lipinski definition) is 0. The molecule has 3 aliphatic rings. The molecular formula is C72H54N2Si. The van der Waals surface area contributed by atoms with Gasteiger partial charge < -0.3 is 9.47 Å². The summed E-state index contributed by atoms with van der Waals surface area (Å²) in [5, 5.41) is 8.31. The van der Waals surface area contributed by atoms with Gasteiger partial charge in [-0.2, -0.15) is 0 Å². The van der Waals surface area contributed by atoms with Crippen molar-refractivity contribution in [3.63, 3.8) is 0 Å². The first-order valence-electron chi connectivity index (χ1n) is 26.5. The zero-order chi connectivity index (χ0) is 50.2. The van der Waals surface area contributed by atoms with Gasteiger partial charge in [0.1, 0.15) is 0 Å². The van der Waals surface area contributed by atoms with Crippen LogP contribution in [0.4, 0.5) is 17.1 Å². The summed E-state index contributed by atoms with van der Waals surface area (Å²) in [6.07, 6.45) is 0. The highest BCUT2D eigenvalue weighted by molar-refractivity contribution is 7.22. The Morgan fingerprint density at radius 1 is 0.320 bits per heavy atom. The second-order valence-electron chi connectivity index (χ2n) is 22.0. The highest BCUT2D eigenvalue weighted by atomic mass is 28.3. The maximum atomic E-state index is 2.52. The first kappa shape index (κ1) is 43.8. The van der Waals surface area contributed by atoms with Crippen LogP contribution in [0.2, 0.25) is 0 Å². The Balaban J connectivity index is 0.856. The second kappa shape index (κ2) is 16.1. The number of benzene rings is 11. The van der Waals surface area contributed by atoms with E-state index in [0.717, 1.165) is 22.7 Å². The summed E-state index contributed by atoms with van der Waals surface area (Å²) in [6, 6.07) is 96.5. The van der Waals surface area contributed by atoms with Gasteiger partial charge in [-0.15, -0.1) is 0 Å². The van der Waals surface area contributed by atoms with E-state index in [1.54, 1.807) is 0 Å². The summed E-state index contributed by atoms with van der Waals surface area (Å²) in [5.74, 6) is 0. The Morgan fingerprint density at radius 2 is 0.813 bits per heavy atom. The largest absolute Gasteiger partial charge is 0.310 e. The minimum Gasteiger partial charge on any atom is -0.310 e. The third kappa shape index (κ3) is 6.19. The van der Waals surface area contributed by atoms with Crippen molar-refractivity contribution in [1.82, 2.24) is 4.57 Å². The molecule has 1 aliphatic heterocycles. The van der Waals surface area contributed by atoms with Crippen molar-refractivity contribution in [1.29, 1.82) is 0 Å². The van der Waals surface area contributed by atoms with E-state index >= 15 is 0 Å². The molecule has 0 amide bonds. The molecule has 0 radical (unpaired) electrons. The van der Waals surface area contributed by atoms with Gasteiger partial charge in [-0.05, 0) is 154 Å². The number of rotatable bonds is 7. The van der Waals surface area contributed by atoms with Crippen LogP contribution >= 0.6 is 0 Å². The lowest BCUT2D eigenvalue weighted by Gasteiger charge is -2.31. The molecule has 0 saturated heterocycles. The zero-order valence-corrected chi connectivity index (χ0v) is 43.6. The zero-order valence-electron chi connectivity index (χ0n) is 42.6. The topological polar surface area (TPSA) is 8.17 Å². The van der Waals surface area contributed by atoms with Gasteiger partial charge in [0.2, 0.25) is 0 Å². The van der Waals surface area contributed by atoms with Crippen LogP contribution in [0.3, 0.4) is 0 Å². The van der Waals surface area contributed by atoms with Crippen molar-refractivity contribution in [2.75, 3.05) is 4.90 Å². The fourth-order valence-electron chi connectivity index (χ4n) is 13.9. The molecule has 3 heteroatoms. The number of para-hydroxylation sites is 2. The van der Waals surface area contributed by atoms with Crippen molar-refractivity contribution in [3.8, 4) is 50.2 Å². The minimum atomic E-state index is -2.64. The highest BCUT2D eigenvalue weighted by Crippen LogP contribution is 2.54. The van der Waals surface area contributed by atoms with Gasteiger partial charge in [-0.3, -0.25) is 0 Å². The highest BCUT2D eigenvalue weighted by Gasteiger charge is 2.48. The Labute approximate surface area is 440 Å². The Hall–Kier alpha value is -8.76. The molecule has 2 aliphatic carbocycles. The first-order valence-corrected chi connectivity index (χ1v) is 28.5. The lowest BCUT2D eigenvalue weighted by molar-refractivity contribution is 0.660. The third-order valence-corrected chi connectivity index (χ3v) is 22.3. The molecule has 75 heavy (non-hydrogen) atoms. The van der Waals surface area contributed by atoms with E-state index in [4.69, 9.17) is 0 Å². The average Bonchev–Trinajstić information content (AvgIpc) is 4.24. The number of anilines is 3. The van der Waals surface area contributed by atoms with Crippen LogP contribution in [0.15, 0.2) is 255 Å². The van der Waals surface area contributed by atoms with Crippen LogP contribution in [-0.4, -0.2) is 12.6 Å². The van der Waals surface area contributed by atoms with Gasteiger partial charge in [0.15, 0.2) is 8.07 Å². The molecule has 0 saturated carbocycles. The monoisotopic (exact) mass is 974 g/mol. The van der Waals surface area contributed by atoms with E-state index in [0.29, 0.717) is 0 Å². The van der Waals surface area contributed by atoms with E-state index in [1.807, 2.05) is 0 Å². The molecule has 2 nitrogen and oxygen atoms in total. The lowest BCUT2D eigenvalue weighted by Crippen LogP contribution is -2.72. The van der Waals surface area contributed by atoms with Crippen molar-refractivity contribution < 1.29 is 0 Å². The van der Waals surface area contributed by atoms with Gasteiger partial charge in [-0.25, -0.2) is 0 Å². The van der Waals surface area contributed by atoms with E-state index in [-0.39, 0.29) is 10.8 Å². The van der Waals surface area contributed by atoms with Crippen LogP contribution in [0.25, 0.3) is 72.0 Å². The molecule has 0 unspecified atom stereocenters. The number of fused-ring (bicyclic) bond motifs is 12. The molecule has 15 rings (SSSR count). The summed E-state index contributed by atoms with van der Waals surface area (Å²) in [4.78, 5) is 2.48. The molecule has 0 atom stereocenters. The van der Waals surface area contributed by atoms with E-state index in [2.05, 4.69) is 292 Å². The van der Waals surface area contributed by atoms with Gasteiger partial charge in [0.25, 0.3) is 0 Å². The summed E-state index contributed by atoms with van der Waals surface area (Å²) >= 11 is 0. The number of aromatic nitrogens is 1. The lowest BCUT2D eigenvalue weighted by atomic mass is 9.81. The van der Waals surface area contributed by atoms with E-state index in [9.17, 15) is 0 Å². The minimum absolute atomic E-state index is 0.136. The standard InChI is InChI=1S/C72H54N2Si/c1-71(2)63-28-13-8-23-55(63)56-41-38-52(46-66(56)71)73(49-34-36-50(37-35-49)74-67-29-14-9-24-58(67)59-25-10-15-30-68(59)74)51-39-42-64-62(45-51)57-40-33-48(44-65(57)72(64,3)4)47-19-18-22-54(43-47)75(53-20-6-5-7-21-53)69-31-16-11-26-60(69)61-27-12-17-32-70(61)75/h5-46H,1-4H3. The third-order valence-electron chi connectivity index (χ3n) is 17.5. The van der Waals surface area contributed by atoms with E-state index < -0.39 is 8.07 Å². The Bertz CT molecular complexity index is 4210. The number of hydrogen-bond acceptors (Lipinski definition) is 1. The van der Waals surface area contributed by atoms with Crippen LogP contribution in [-0.2, 0) is 10.8 Å². The van der Waals surface area contributed by atoms with Crippen molar-refractivity contribution in [3.05, 3.63) is 277 Å². The SMILES string of the molecule is CC1(C)c2ccc(N(c3ccc(-n4c5ccccc5c5ccccc54)cc3)c3ccc4c(c3)C(C)(C)c3ccccc3-4)cc2-c2ccc(-c3cccc([Si]4(c5ccccc5)c5ccccc5-c5ccccc54)c3)cc21. The van der Waals surface area contributed by atoms with Gasteiger partial charge in [-0.1, -0.05) is 216 Å². The molecule has 0 fully saturated rings.